The molecule has 1 amide bonds. The van der Waals surface area contributed by atoms with Gasteiger partial charge in [-0.25, -0.2) is 12.8 Å². The zero-order valence-corrected chi connectivity index (χ0v) is 15.5. The van der Waals surface area contributed by atoms with Crippen LogP contribution in [0.15, 0.2) is 40.6 Å². The molecule has 0 radical (unpaired) electrons. The van der Waals surface area contributed by atoms with Crippen molar-refractivity contribution in [2.24, 2.45) is 0 Å². The Bertz CT molecular complexity index is 892. The van der Waals surface area contributed by atoms with Gasteiger partial charge in [-0.3, -0.25) is 4.79 Å². The maximum atomic E-state index is 13.2. The summed E-state index contributed by atoms with van der Waals surface area (Å²) in [5.74, 6) is -1.06. The van der Waals surface area contributed by atoms with Gasteiger partial charge in [0.1, 0.15) is 15.6 Å². The largest absolute Gasteiger partial charge is 0.387 e. The number of hydrogen-bond donors (Lipinski definition) is 2. The van der Waals surface area contributed by atoms with Crippen LogP contribution in [0.2, 0.25) is 0 Å². The van der Waals surface area contributed by atoms with Gasteiger partial charge >= 0.3 is 0 Å². The van der Waals surface area contributed by atoms with E-state index in [0.717, 1.165) is 24.2 Å². The molecule has 1 fully saturated rings. The smallest absolute Gasteiger partial charge is 0.262 e. The van der Waals surface area contributed by atoms with Gasteiger partial charge in [-0.1, -0.05) is 12.1 Å². The molecule has 2 heterocycles. The Kier molecular flexibility index (Phi) is 5.71. The van der Waals surface area contributed by atoms with Gasteiger partial charge < -0.3 is 10.4 Å². The van der Waals surface area contributed by atoms with E-state index in [1.165, 1.54) is 28.6 Å². The standard InChI is InChI=1S/C17H19FN2O4S2/c18-13-5-3-4-12(10-13)14(21)11-19-17(22)16-15(6-9-25-16)26(23,24)20-7-1-2-8-20/h3-6,9-10,14,21H,1-2,7-8,11H2,(H,19,22). The number of carbonyl (C=O) groups is 1. The zero-order chi connectivity index (χ0) is 18.7. The molecule has 1 saturated heterocycles. The lowest BCUT2D eigenvalue weighted by Gasteiger charge is -2.16. The summed E-state index contributed by atoms with van der Waals surface area (Å²) in [6.45, 7) is 0.762. The third kappa shape index (κ3) is 3.96. The minimum atomic E-state index is -3.70. The second kappa shape index (κ2) is 7.83. The van der Waals surface area contributed by atoms with E-state index >= 15 is 0 Å². The third-order valence-corrected chi connectivity index (χ3v) is 7.19. The molecule has 1 aromatic heterocycles. The lowest BCUT2D eigenvalue weighted by atomic mass is 10.1. The number of hydrogen-bond acceptors (Lipinski definition) is 5. The highest BCUT2D eigenvalue weighted by atomic mass is 32.2. The molecule has 0 bridgehead atoms. The summed E-state index contributed by atoms with van der Waals surface area (Å²) in [6.07, 6.45) is 0.531. The predicted molar refractivity (Wildman–Crippen MR) is 96.0 cm³/mol. The summed E-state index contributed by atoms with van der Waals surface area (Å²) < 4.78 is 40.0. The number of aliphatic hydroxyl groups excluding tert-OH is 1. The van der Waals surface area contributed by atoms with Crippen LogP contribution in [-0.4, -0.2) is 43.4 Å². The maximum absolute atomic E-state index is 13.2. The van der Waals surface area contributed by atoms with Crippen molar-refractivity contribution in [3.05, 3.63) is 52.0 Å². The Morgan fingerprint density at radius 1 is 1.31 bits per heavy atom. The van der Waals surface area contributed by atoms with Crippen LogP contribution in [0.25, 0.3) is 0 Å². The molecule has 6 nitrogen and oxygen atoms in total. The van der Waals surface area contributed by atoms with Crippen LogP contribution in [0.4, 0.5) is 4.39 Å². The Morgan fingerprint density at radius 3 is 2.73 bits per heavy atom. The summed E-state index contributed by atoms with van der Waals surface area (Å²) in [6, 6.07) is 6.89. The fourth-order valence-electron chi connectivity index (χ4n) is 2.84. The first kappa shape index (κ1) is 19.0. The van der Waals surface area contributed by atoms with Gasteiger partial charge in [-0.15, -0.1) is 11.3 Å². The summed E-state index contributed by atoms with van der Waals surface area (Å²) in [7, 11) is -3.70. The minimum Gasteiger partial charge on any atom is -0.387 e. The van der Waals surface area contributed by atoms with Crippen LogP contribution in [0.3, 0.4) is 0 Å². The lowest BCUT2D eigenvalue weighted by molar-refractivity contribution is 0.0917. The first-order valence-corrected chi connectivity index (χ1v) is 10.5. The maximum Gasteiger partial charge on any atom is 0.262 e. The van der Waals surface area contributed by atoms with E-state index in [9.17, 15) is 22.7 Å². The van der Waals surface area contributed by atoms with E-state index in [1.807, 2.05) is 0 Å². The highest BCUT2D eigenvalue weighted by Gasteiger charge is 2.31. The molecule has 140 valence electrons. The van der Waals surface area contributed by atoms with E-state index in [-0.39, 0.29) is 16.3 Å². The molecule has 1 aromatic carbocycles. The van der Waals surface area contributed by atoms with E-state index in [0.29, 0.717) is 18.7 Å². The van der Waals surface area contributed by atoms with Crippen molar-refractivity contribution in [3.63, 3.8) is 0 Å². The van der Waals surface area contributed by atoms with Crippen molar-refractivity contribution in [3.8, 4) is 0 Å². The van der Waals surface area contributed by atoms with Crippen LogP contribution in [-0.2, 0) is 10.0 Å². The van der Waals surface area contributed by atoms with Crippen LogP contribution >= 0.6 is 11.3 Å². The predicted octanol–water partition coefficient (Wildman–Crippen LogP) is 2.14. The molecule has 0 saturated carbocycles. The molecular weight excluding hydrogens is 379 g/mol. The fourth-order valence-corrected chi connectivity index (χ4v) is 5.67. The number of thiophene rings is 1. The highest BCUT2D eigenvalue weighted by molar-refractivity contribution is 7.89. The Morgan fingerprint density at radius 2 is 2.04 bits per heavy atom. The number of nitrogens with zero attached hydrogens (tertiary/aromatic N) is 1. The number of amides is 1. The summed E-state index contributed by atoms with van der Waals surface area (Å²) >= 11 is 1.03. The van der Waals surface area contributed by atoms with Crippen LogP contribution in [0, 0.1) is 5.82 Å². The Labute approximate surface area is 155 Å². The molecule has 1 aliphatic rings. The van der Waals surface area contributed by atoms with Gasteiger partial charge in [0.25, 0.3) is 5.91 Å². The Hall–Kier alpha value is -1.81. The van der Waals surface area contributed by atoms with E-state index < -0.39 is 27.9 Å². The van der Waals surface area contributed by atoms with E-state index in [1.54, 1.807) is 11.4 Å². The first-order valence-electron chi connectivity index (χ1n) is 8.19. The third-order valence-electron chi connectivity index (χ3n) is 4.21. The Balaban J connectivity index is 1.70. The number of aliphatic hydroxyl groups is 1. The molecule has 3 rings (SSSR count). The van der Waals surface area contributed by atoms with Gasteiger partial charge in [0.2, 0.25) is 10.0 Å². The molecule has 2 aromatic rings. The number of nitrogens with one attached hydrogen (secondary N) is 1. The van der Waals surface area contributed by atoms with Gasteiger partial charge in [0.15, 0.2) is 0 Å². The normalized spacial score (nSPS) is 16.5. The van der Waals surface area contributed by atoms with Gasteiger partial charge in [-0.2, -0.15) is 4.31 Å². The molecule has 26 heavy (non-hydrogen) atoms. The van der Waals surface area contributed by atoms with Crippen molar-refractivity contribution in [1.29, 1.82) is 0 Å². The molecule has 2 N–H and O–H groups in total. The zero-order valence-electron chi connectivity index (χ0n) is 13.9. The van der Waals surface area contributed by atoms with Gasteiger partial charge in [0, 0.05) is 19.6 Å². The number of halogens is 1. The number of rotatable bonds is 6. The topological polar surface area (TPSA) is 86.7 Å². The van der Waals surface area contributed by atoms with Crippen LogP contribution < -0.4 is 5.32 Å². The number of carbonyl (C=O) groups excluding carboxylic acids is 1. The second-order valence-corrected chi connectivity index (χ2v) is 8.83. The molecule has 1 unspecified atom stereocenters. The summed E-state index contributed by atoms with van der Waals surface area (Å²) in [5, 5.41) is 14.2. The number of benzene rings is 1. The van der Waals surface area contributed by atoms with E-state index in [2.05, 4.69) is 5.32 Å². The average molecular weight is 398 g/mol. The molecular formula is C17H19FN2O4S2. The second-order valence-electron chi connectivity index (χ2n) is 6.01. The van der Waals surface area contributed by atoms with Crippen LogP contribution in [0.5, 0.6) is 0 Å². The quantitative estimate of drug-likeness (QED) is 0.781. The van der Waals surface area contributed by atoms with Crippen molar-refractivity contribution in [2.75, 3.05) is 19.6 Å². The van der Waals surface area contributed by atoms with Crippen molar-refractivity contribution in [2.45, 2.75) is 23.8 Å². The van der Waals surface area contributed by atoms with E-state index in [4.69, 9.17) is 0 Å². The average Bonchev–Trinajstić information content (AvgIpc) is 3.30. The van der Waals surface area contributed by atoms with Gasteiger partial charge in [0.05, 0.1) is 6.10 Å². The minimum absolute atomic E-state index is 0.0119. The molecule has 1 atom stereocenters. The number of sulfonamides is 1. The van der Waals surface area contributed by atoms with Crippen molar-refractivity contribution >= 4 is 27.3 Å². The fraction of sp³-hybridized carbons (Fsp3) is 0.353. The molecule has 0 aliphatic carbocycles. The SMILES string of the molecule is O=C(NCC(O)c1cccc(F)c1)c1sccc1S(=O)(=O)N1CCCC1. The van der Waals surface area contributed by atoms with Crippen molar-refractivity contribution in [1.82, 2.24) is 9.62 Å². The monoisotopic (exact) mass is 398 g/mol. The summed E-state index contributed by atoms with van der Waals surface area (Å²) in [5.41, 5.74) is 0.335. The molecule has 0 spiro atoms. The van der Waals surface area contributed by atoms with Crippen LogP contribution in [0.1, 0.15) is 34.2 Å². The lowest BCUT2D eigenvalue weighted by Crippen LogP contribution is -2.32. The highest BCUT2D eigenvalue weighted by Crippen LogP contribution is 2.27. The molecule has 1 aliphatic heterocycles. The van der Waals surface area contributed by atoms with Gasteiger partial charge in [-0.05, 0) is 42.0 Å². The first-order chi connectivity index (χ1) is 12.4. The summed E-state index contributed by atoms with van der Waals surface area (Å²) in [4.78, 5) is 12.5. The van der Waals surface area contributed by atoms with Crippen molar-refractivity contribution < 1.29 is 22.7 Å². The molecule has 9 heteroatoms.